The van der Waals surface area contributed by atoms with Crippen molar-refractivity contribution in [2.24, 2.45) is 5.92 Å². The summed E-state index contributed by atoms with van der Waals surface area (Å²) >= 11 is 0. The number of nitrogens with zero attached hydrogens (tertiary/aromatic N) is 3. The van der Waals surface area contributed by atoms with Gasteiger partial charge in [0.15, 0.2) is 0 Å². The standard InChI is InChI=1S/C14H19N5O/c1-3-12-18-11(7-15)6-13(19-12)16-8-10-4-9(2)17-14(20)5-10/h6,9-10H,3-5,8H2,1-2H3,(H,17,20)(H,16,18,19)/t9-,10-/m1/s1. The number of nitriles is 1. The number of piperidine rings is 1. The first-order chi connectivity index (χ1) is 9.60. The maximum atomic E-state index is 11.5. The first-order valence-corrected chi connectivity index (χ1v) is 6.92. The lowest BCUT2D eigenvalue weighted by molar-refractivity contribution is -0.124. The summed E-state index contributed by atoms with van der Waals surface area (Å²) < 4.78 is 0. The van der Waals surface area contributed by atoms with Crippen molar-refractivity contribution in [3.05, 3.63) is 17.6 Å². The number of anilines is 1. The molecule has 0 radical (unpaired) electrons. The number of aromatic nitrogens is 2. The Morgan fingerprint density at radius 2 is 2.35 bits per heavy atom. The lowest BCUT2D eigenvalue weighted by atomic mass is 9.93. The van der Waals surface area contributed by atoms with E-state index in [0.29, 0.717) is 42.6 Å². The van der Waals surface area contributed by atoms with Gasteiger partial charge in [0.1, 0.15) is 23.4 Å². The highest BCUT2D eigenvalue weighted by atomic mass is 16.1. The van der Waals surface area contributed by atoms with Crippen molar-refractivity contribution < 1.29 is 4.79 Å². The second kappa shape index (κ2) is 6.33. The molecule has 0 unspecified atom stereocenters. The monoisotopic (exact) mass is 273 g/mol. The van der Waals surface area contributed by atoms with Gasteiger partial charge < -0.3 is 10.6 Å². The third-order valence-corrected chi connectivity index (χ3v) is 3.34. The van der Waals surface area contributed by atoms with Crippen LogP contribution in [0.25, 0.3) is 0 Å². The van der Waals surface area contributed by atoms with Crippen molar-refractivity contribution >= 4 is 11.7 Å². The molecule has 1 aromatic rings. The van der Waals surface area contributed by atoms with E-state index in [9.17, 15) is 4.79 Å². The van der Waals surface area contributed by atoms with E-state index in [2.05, 4.69) is 20.6 Å². The summed E-state index contributed by atoms with van der Waals surface area (Å²) in [7, 11) is 0. The summed E-state index contributed by atoms with van der Waals surface area (Å²) in [5.41, 5.74) is 0.370. The van der Waals surface area contributed by atoms with Crippen LogP contribution in [0.2, 0.25) is 0 Å². The third-order valence-electron chi connectivity index (χ3n) is 3.34. The van der Waals surface area contributed by atoms with Gasteiger partial charge in [-0.3, -0.25) is 4.79 Å². The van der Waals surface area contributed by atoms with Gasteiger partial charge in [-0.2, -0.15) is 5.26 Å². The summed E-state index contributed by atoms with van der Waals surface area (Å²) in [6.07, 6.45) is 2.18. The van der Waals surface area contributed by atoms with Crippen LogP contribution in [0.3, 0.4) is 0 Å². The van der Waals surface area contributed by atoms with E-state index in [0.717, 1.165) is 6.42 Å². The highest BCUT2D eigenvalue weighted by Gasteiger charge is 2.23. The van der Waals surface area contributed by atoms with Gasteiger partial charge in [-0.1, -0.05) is 6.92 Å². The van der Waals surface area contributed by atoms with Gasteiger partial charge in [-0.25, -0.2) is 9.97 Å². The topological polar surface area (TPSA) is 90.7 Å². The molecule has 2 heterocycles. The molecule has 1 saturated heterocycles. The van der Waals surface area contributed by atoms with Gasteiger partial charge in [-0.05, 0) is 19.3 Å². The van der Waals surface area contributed by atoms with Crippen LogP contribution >= 0.6 is 0 Å². The number of amides is 1. The fourth-order valence-corrected chi connectivity index (χ4v) is 2.45. The molecule has 0 spiro atoms. The minimum atomic E-state index is 0.102. The number of rotatable bonds is 4. The van der Waals surface area contributed by atoms with Gasteiger partial charge >= 0.3 is 0 Å². The normalized spacial score (nSPS) is 21.9. The molecule has 6 nitrogen and oxygen atoms in total. The minimum Gasteiger partial charge on any atom is -0.370 e. The van der Waals surface area contributed by atoms with Gasteiger partial charge in [0.2, 0.25) is 5.91 Å². The van der Waals surface area contributed by atoms with Crippen LogP contribution in [0.1, 0.15) is 38.2 Å². The van der Waals surface area contributed by atoms with Crippen LogP contribution in [-0.2, 0) is 11.2 Å². The molecule has 0 bridgehead atoms. The molecular weight excluding hydrogens is 254 g/mol. The Labute approximate surface area is 118 Å². The van der Waals surface area contributed by atoms with Crippen molar-refractivity contribution in [1.29, 1.82) is 5.26 Å². The molecular formula is C14H19N5O. The van der Waals surface area contributed by atoms with Crippen molar-refractivity contribution in [1.82, 2.24) is 15.3 Å². The maximum Gasteiger partial charge on any atom is 0.220 e. The SMILES string of the molecule is CCc1nc(C#N)cc(NC[C@H]2CC(=O)N[C@H](C)C2)n1. The highest BCUT2D eigenvalue weighted by Crippen LogP contribution is 2.18. The lowest BCUT2D eigenvalue weighted by Crippen LogP contribution is -2.42. The molecule has 20 heavy (non-hydrogen) atoms. The van der Waals surface area contributed by atoms with E-state index in [1.165, 1.54) is 0 Å². The summed E-state index contributed by atoms with van der Waals surface area (Å²) in [5, 5.41) is 15.1. The van der Waals surface area contributed by atoms with E-state index in [4.69, 9.17) is 5.26 Å². The predicted octanol–water partition coefficient (Wildman–Crippen LogP) is 1.24. The number of carbonyl (C=O) groups is 1. The molecule has 1 aromatic heterocycles. The van der Waals surface area contributed by atoms with Crippen molar-refractivity contribution in [3.8, 4) is 6.07 Å². The fraction of sp³-hybridized carbons (Fsp3) is 0.571. The second-order valence-electron chi connectivity index (χ2n) is 5.18. The van der Waals surface area contributed by atoms with E-state index in [1.807, 2.05) is 19.9 Å². The van der Waals surface area contributed by atoms with Gasteiger partial charge in [0.25, 0.3) is 0 Å². The maximum absolute atomic E-state index is 11.5. The van der Waals surface area contributed by atoms with Gasteiger partial charge in [0.05, 0.1) is 0 Å². The Balaban J connectivity index is 2.00. The van der Waals surface area contributed by atoms with Crippen molar-refractivity contribution in [3.63, 3.8) is 0 Å². The zero-order valence-corrected chi connectivity index (χ0v) is 11.8. The molecule has 0 saturated carbocycles. The van der Waals surface area contributed by atoms with Crippen LogP contribution in [0.15, 0.2) is 6.07 Å². The molecule has 1 aliphatic rings. The first-order valence-electron chi connectivity index (χ1n) is 6.92. The molecule has 1 aliphatic heterocycles. The van der Waals surface area contributed by atoms with Crippen LogP contribution in [0.4, 0.5) is 5.82 Å². The highest BCUT2D eigenvalue weighted by molar-refractivity contribution is 5.77. The fourth-order valence-electron chi connectivity index (χ4n) is 2.45. The Hall–Kier alpha value is -2.16. The molecule has 2 N–H and O–H groups in total. The summed E-state index contributed by atoms with van der Waals surface area (Å²) in [6, 6.07) is 3.90. The first kappa shape index (κ1) is 14.3. The Morgan fingerprint density at radius 1 is 1.55 bits per heavy atom. The van der Waals surface area contributed by atoms with Crippen molar-refractivity contribution in [2.45, 2.75) is 39.2 Å². The largest absolute Gasteiger partial charge is 0.370 e. The number of hydrogen-bond donors (Lipinski definition) is 2. The zero-order chi connectivity index (χ0) is 14.5. The number of nitrogens with one attached hydrogen (secondary N) is 2. The molecule has 106 valence electrons. The molecule has 2 atom stereocenters. The predicted molar refractivity (Wildman–Crippen MR) is 74.9 cm³/mol. The summed E-state index contributed by atoms with van der Waals surface area (Å²) in [4.78, 5) is 19.9. The van der Waals surface area contributed by atoms with E-state index < -0.39 is 0 Å². The zero-order valence-electron chi connectivity index (χ0n) is 11.8. The molecule has 6 heteroatoms. The minimum absolute atomic E-state index is 0.102. The second-order valence-corrected chi connectivity index (χ2v) is 5.18. The Kier molecular flexibility index (Phi) is 4.51. The molecule has 1 fully saturated rings. The lowest BCUT2D eigenvalue weighted by Gasteiger charge is -2.27. The van der Waals surface area contributed by atoms with Crippen LogP contribution < -0.4 is 10.6 Å². The van der Waals surface area contributed by atoms with E-state index in [1.54, 1.807) is 6.07 Å². The number of carbonyl (C=O) groups excluding carboxylic acids is 1. The van der Waals surface area contributed by atoms with Crippen LogP contribution in [-0.4, -0.2) is 28.5 Å². The average molecular weight is 273 g/mol. The molecule has 0 aromatic carbocycles. The molecule has 1 amide bonds. The summed E-state index contributed by atoms with van der Waals surface area (Å²) in [5.74, 6) is 1.71. The number of hydrogen-bond acceptors (Lipinski definition) is 5. The van der Waals surface area contributed by atoms with Crippen LogP contribution in [0, 0.1) is 17.2 Å². The number of aryl methyl sites for hydroxylation is 1. The van der Waals surface area contributed by atoms with Crippen LogP contribution in [0.5, 0.6) is 0 Å². The van der Waals surface area contributed by atoms with E-state index >= 15 is 0 Å². The molecule has 2 rings (SSSR count). The quantitative estimate of drug-likeness (QED) is 0.861. The average Bonchev–Trinajstić information content (AvgIpc) is 2.43. The smallest absolute Gasteiger partial charge is 0.220 e. The van der Waals surface area contributed by atoms with Gasteiger partial charge in [0, 0.05) is 31.5 Å². The Morgan fingerprint density at radius 3 is 3.00 bits per heavy atom. The van der Waals surface area contributed by atoms with E-state index in [-0.39, 0.29) is 11.9 Å². The molecule has 0 aliphatic carbocycles. The van der Waals surface area contributed by atoms with Crippen molar-refractivity contribution in [2.75, 3.05) is 11.9 Å². The van der Waals surface area contributed by atoms with Gasteiger partial charge in [-0.15, -0.1) is 0 Å². The Bertz CT molecular complexity index is 537. The summed E-state index contributed by atoms with van der Waals surface area (Å²) in [6.45, 7) is 4.65. The third kappa shape index (κ3) is 3.67.